The van der Waals surface area contributed by atoms with Gasteiger partial charge in [0.25, 0.3) is 0 Å². The molecule has 2 N–H and O–H groups in total. The smallest absolute Gasteiger partial charge is 0.0814 e. The van der Waals surface area contributed by atoms with Gasteiger partial charge in [-0.15, -0.1) is 0 Å². The van der Waals surface area contributed by atoms with Crippen molar-refractivity contribution in [2.45, 2.75) is 26.4 Å². The third-order valence-corrected chi connectivity index (χ3v) is 2.52. The molecule has 0 aromatic carbocycles. The van der Waals surface area contributed by atoms with Crippen LogP contribution in [-0.4, -0.2) is 34.1 Å². The van der Waals surface area contributed by atoms with Gasteiger partial charge in [0, 0.05) is 6.04 Å². The number of aromatic nitrogens is 2. The molecule has 0 amide bonds. The molecule has 1 aromatic heterocycles. The molecule has 80 valence electrons. The highest BCUT2D eigenvalue weighted by molar-refractivity contribution is 6.31. The predicted molar refractivity (Wildman–Crippen MR) is 56.5 cm³/mol. The SMILES string of the molecule is CCNC(CO)Cn1ncc(Cl)c1C. The van der Waals surface area contributed by atoms with Crippen molar-refractivity contribution in [3.63, 3.8) is 0 Å². The molecule has 0 fully saturated rings. The first kappa shape index (κ1) is 11.5. The number of nitrogens with one attached hydrogen (secondary N) is 1. The van der Waals surface area contributed by atoms with Gasteiger partial charge < -0.3 is 10.4 Å². The minimum absolute atomic E-state index is 0.0367. The summed E-state index contributed by atoms with van der Waals surface area (Å²) >= 11 is 5.87. The van der Waals surface area contributed by atoms with E-state index in [0.717, 1.165) is 12.2 Å². The van der Waals surface area contributed by atoms with E-state index in [-0.39, 0.29) is 12.6 Å². The number of likely N-dealkylation sites (N-methyl/N-ethyl adjacent to an activating group) is 1. The van der Waals surface area contributed by atoms with Gasteiger partial charge >= 0.3 is 0 Å². The highest BCUT2D eigenvalue weighted by Gasteiger charge is 2.10. The number of hydrogen-bond donors (Lipinski definition) is 2. The number of nitrogens with zero attached hydrogens (tertiary/aromatic N) is 2. The molecule has 0 aliphatic carbocycles. The maximum Gasteiger partial charge on any atom is 0.0814 e. The van der Waals surface area contributed by atoms with Crippen LogP contribution in [0, 0.1) is 6.92 Å². The van der Waals surface area contributed by atoms with Gasteiger partial charge in [-0.05, 0) is 13.5 Å². The quantitative estimate of drug-likeness (QED) is 0.768. The van der Waals surface area contributed by atoms with Crippen LogP contribution in [0.4, 0.5) is 0 Å². The molecule has 14 heavy (non-hydrogen) atoms. The normalized spacial score (nSPS) is 13.1. The van der Waals surface area contributed by atoms with Gasteiger partial charge in [-0.2, -0.15) is 5.10 Å². The summed E-state index contributed by atoms with van der Waals surface area (Å²) in [6.45, 7) is 5.49. The van der Waals surface area contributed by atoms with Crippen molar-refractivity contribution < 1.29 is 5.11 Å². The first-order chi connectivity index (χ1) is 6.69. The summed E-state index contributed by atoms with van der Waals surface area (Å²) < 4.78 is 1.80. The maximum atomic E-state index is 9.08. The molecule has 1 unspecified atom stereocenters. The minimum atomic E-state index is 0.0367. The summed E-state index contributed by atoms with van der Waals surface area (Å²) in [6, 6.07) is 0.0367. The first-order valence-electron chi connectivity index (χ1n) is 4.71. The zero-order valence-corrected chi connectivity index (χ0v) is 9.25. The molecule has 0 aliphatic heterocycles. The topological polar surface area (TPSA) is 50.1 Å². The van der Waals surface area contributed by atoms with Crippen molar-refractivity contribution in [3.8, 4) is 0 Å². The third kappa shape index (κ3) is 2.70. The molecule has 5 heteroatoms. The fourth-order valence-electron chi connectivity index (χ4n) is 1.29. The second kappa shape index (κ2) is 5.34. The van der Waals surface area contributed by atoms with Crippen LogP contribution in [0.5, 0.6) is 0 Å². The summed E-state index contributed by atoms with van der Waals surface area (Å²) in [7, 11) is 0. The summed E-state index contributed by atoms with van der Waals surface area (Å²) in [6.07, 6.45) is 1.62. The lowest BCUT2D eigenvalue weighted by Crippen LogP contribution is -2.36. The number of rotatable bonds is 5. The Morgan fingerprint density at radius 1 is 1.71 bits per heavy atom. The Morgan fingerprint density at radius 3 is 2.86 bits per heavy atom. The Balaban J connectivity index is 2.62. The van der Waals surface area contributed by atoms with Crippen LogP contribution in [0.25, 0.3) is 0 Å². The molecule has 1 heterocycles. The zero-order valence-electron chi connectivity index (χ0n) is 8.50. The van der Waals surface area contributed by atoms with E-state index in [1.54, 1.807) is 10.9 Å². The second-order valence-corrected chi connectivity index (χ2v) is 3.60. The Kier molecular flexibility index (Phi) is 4.38. The van der Waals surface area contributed by atoms with E-state index in [1.165, 1.54) is 0 Å². The van der Waals surface area contributed by atoms with Crippen LogP contribution in [0.2, 0.25) is 5.02 Å². The van der Waals surface area contributed by atoms with E-state index < -0.39 is 0 Å². The third-order valence-electron chi connectivity index (χ3n) is 2.15. The van der Waals surface area contributed by atoms with E-state index in [1.807, 2.05) is 13.8 Å². The number of halogens is 1. The molecule has 0 bridgehead atoms. The van der Waals surface area contributed by atoms with Gasteiger partial charge in [0.15, 0.2) is 0 Å². The van der Waals surface area contributed by atoms with Crippen LogP contribution < -0.4 is 5.32 Å². The number of hydrogen-bond acceptors (Lipinski definition) is 3. The van der Waals surface area contributed by atoms with Gasteiger partial charge in [-0.25, -0.2) is 0 Å². The highest BCUT2D eigenvalue weighted by atomic mass is 35.5. The molecular weight excluding hydrogens is 202 g/mol. The molecular formula is C9H16ClN3O. The molecule has 1 rings (SSSR count). The summed E-state index contributed by atoms with van der Waals surface area (Å²) in [5.74, 6) is 0. The van der Waals surface area contributed by atoms with Crippen LogP contribution in [0.15, 0.2) is 6.20 Å². The van der Waals surface area contributed by atoms with Crippen molar-refractivity contribution in [2.24, 2.45) is 0 Å². The molecule has 4 nitrogen and oxygen atoms in total. The minimum Gasteiger partial charge on any atom is -0.395 e. The maximum absolute atomic E-state index is 9.08. The predicted octanol–water partition coefficient (Wildman–Crippen LogP) is 0.815. The fourth-order valence-corrected chi connectivity index (χ4v) is 1.43. The van der Waals surface area contributed by atoms with Gasteiger partial charge in [0.2, 0.25) is 0 Å². The highest BCUT2D eigenvalue weighted by Crippen LogP contribution is 2.13. The lowest BCUT2D eigenvalue weighted by Gasteiger charge is -2.15. The van der Waals surface area contributed by atoms with E-state index in [0.29, 0.717) is 11.6 Å². The monoisotopic (exact) mass is 217 g/mol. The van der Waals surface area contributed by atoms with Crippen molar-refractivity contribution in [2.75, 3.05) is 13.2 Å². The second-order valence-electron chi connectivity index (χ2n) is 3.20. The average molecular weight is 218 g/mol. The Hall–Kier alpha value is -0.580. The van der Waals surface area contributed by atoms with Crippen molar-refractivity contribution in [1.82, 2.24) is 15.1 Å². The van der Waals surface area contributed by atoms with Gasteiger partial charge in [0.1, 0.15) is 0 Å². The zero-order chi connectivity index (χ0) is 10.6. The Bertz CT molecular complexity index is 288. The molecule has 0 aliphatic rings. The molecule has 1 aromatic rings. The average Bonchev–Trinajstić information content (AvgIpc) is 2.49. The van der Waals surface area contributed by atoms with Crippen LogP contribution in [0.1, 0.15) is 12.6 Å². The first-order valence-corrected chi connectivity index (χ1v) is 5.09. The number of aliphatic hydroxyl groups is 1. The largest absolute Gasteiger partial charge is 0.395 e. The Morgan fingerprint density at radius 2 is 2.43 bits per heavy atom. The van der Waals surface area contributed by atoms with Gasteiger partial charge in [-0.3, -0.25) is 4.68 Å². The van der Waals surface area contributed by atoms with Crippen molar-refractivity contribution >= 4 is 11.6 Å². The van der Waals surface area contributed by atoms with Gasteiger partial charge in [-0.1, -0.05) is 18.5 Å². The Labute approximate surface area is 88.9 Å². The molecule has 0 saturated carbocycles. The van der Waals surface area contributed by atoms with Crippen molar-refractivity contribution in [3.05, 3.63) is 16.9 Å². The molecule has 1 atom stereocenters. The van der Waals surface area contributed by atoms with E-state index in [2.05, 4.69) is 10.4 Å². The van der Waals surface area contributed by atoms with E-state index >= 15 is 0 Å². The molecule has 0 spiro atoms. The van der Waals surface area contributed by atoms with Crippen molar-refractivity contribution in [1.29, 1.82) is 0 Å². The van der Waals surface area contributed by atoms with E-state index in [4.69, 9.17) is 16.7 Å². The van der Waals surface area contributed by atoms with Gasteiger partial charge in [0.05, 0.1) is 30.1 Å². The van der Waals surface area contributed by atoms with Crippen LogP contribution >= 0.6 is 11.6 Å². The summed E-state index contributed by atoms with van der Waals surface area (Å²) in [5.41, 5.74) is 0.933. The molecule has 0 radical (unpaired) electrons. The lowest BCUT2D eigenvalue weighted by molar-refractivity contribution is 0.226. The van der Waals surface area contributed by atoms with Crippen LogP contribution in [0.3, 0.4) is 0 Å². The lowest BCUT2D eigenvalue weighted by atomic mass is 10.3. The molecule has 0 saturated heterocycles. The fraction of sp³-hybridized carbons (Fsp3) is 0.667. The number of aliphatic hydroxyl groups excluding tert-OH is 1. The standard InChI is InChI=1S/C9H16ClN3O/c1-3-11-8(6-14)5-13-7(2)9(10)4-12-13/h4,8,11,14H,3,5-6H2,1-2H3. The van der Waals surface area contributed by atoms with Crippen LogP contribution in [-0.2, 0) is 6.54 Å². The summed E-state index contributed by atoms with van der Waals surface area (Å²) in [4.78, 5) is 0. The van der Waals surface area contributed by atoms with E-state index in [9.17, 15) is 0 Å². The summed E-state index contributed by atoms with van der Waals surface area (Å²) in [5, 5.41) is 17.0.